The number of amides is 1. The summed E-state index contributed by atoms with van der Waals surface area (Å²) in [6, 6.07) is 13.8. The molecule has 0 atom stereocenters. The molecule has 3 aromatic heterocycles. The molecule has 4 aromatic rings. The fourth-order valence-corrected chi connectivity index (χ4v) is 3.42. The SMILES string of the molecule is O=C(NCCCn1cnc2ccccc21)c1cc(-c2cccs2)[nH]n1. The number of fused-ring (bicyclic) bond motifs is 1. The standard InChI is InChI=1S/C18H17N5OS/c24-18(15-11-14(21-22-15)17-7-3-10-25-17)19-8-4-9-23-12-20-13-5-1-2-6-16(13)23/h1-3,5-7,10-12H,4,8-9H2,(H,19,24)(H,21,22). The minimum Gasteiger partial charge on any atom is -0.351 e. The minimum absolute atomic E-state index is 0.158. The lowest BCUT2D eigenvalue weighted by atomic mass is 10.3. The Bertz CT molecular complexity index is 986. The molecule has 0 bridgehead atoms. The number of aromatic nitrogens is 4. The molecule has 0 unspecified atom stereocenters. The number of nitrogens with one attached hydrogen (secondary N) is 2. The van der Waals surface area contributed by atoms with Crippen molar-refractivity contribution >= 4 is 28.3 Å². The molecule has 0 aliphatic carbocycles. The van der Waals surface area contributed by atoms with E-state index in [1.54, 1.807) is 17.4 Å². The predicted octanol–water partition coefficient (Wildman–Crippen LogP) is 3.31. The summed E-state index contributed by atoms with van der Waals surface area (Å²) < 4.78 is 2.10. The van der Waals surface area contributed by atoms with Crippen molar-refractivity contribution in [3.63, 3.8) is 0 Å². The van der Waals surface area contributed by atoms with Crippen LogP contribution < -0.4 is 5.32 Å². The number of para-hydroxylation sites is 2. The van der Waals surface area contributed by atoms with Crippen molar-refractivity contribution < 1.29 is 4.79 Å². The summed E-state index contributed by atoms with van der Waals surface area (Å²) in [5.74, 6) is -0.158. The molecule has 4 rings (SSSR count). The number of nitrogens with zero attached hydrogens (tertiary/aromatic N) is 3. The number of hydrogen-bond donors (Lipinski definition) is 2. The van der Waals surface area contributed by atoms with Gasteiger partial charge in [-0.15, -0.1) is 11.3 Å². The molecule has 0 saturated carbocycles. The van der Waals surface area contributed by atoms with Gasteiger partial charge in [0.15, 0.2) is 5.69 Å². The van der Waals surface area contributed by atoms with Crippen molar-refractivity contribution in [3.8, 4) is 10.6 Å². The zero-order chi connectivity index (χ0) is 17.1. The molecule has 3 heterocycles. The van der Waals surface area contributed by atoms with Gasteiger partial charge in [-0.2, -0.15) is 5.10 Å². The predicted molar refractivity (Wildman–Crippen MR) is 98.6 cm³/mol. The number of carbonyl (C=O) groups is 1. The van der Waals surface area contributed by atoms with Gasteiger partial charge in [0.1, 0.15) is 0 Å². The monoisotopic (exact) mass is 351 g/mol. The molecule has 7 heteroatoms. The van der Waals surface area contributed by atoms with Crippen LogP contribution >= 0.6 is 11.3 Å². The molecule has 1 amide bonds. The lowest BCUT2D eigenvalue weighted by Gasteiger charge is -2.05. The normalized spacial score (nSPS) is 11.0. The summed E-state index contributed by atoms with van der Waals surface area (Å²) >= 11 is 1.61. The first kappa shape index (κ1) is 15.6. The Labute approximate surface area is 148 Å². The van der Waals surface area contributed by atoms with E-state index in [0.29, 0.717) is 12.2 Å². The first-order chi connectivity index (χ1) is 12.3. The highest BCUT2D eigenvalue weighted by Crippen LogP contribution is 2.22. The van der Waals surface area contributed by atoms with Gasteiger partial charge in [0.25, 0.3) is 5.91 Å². The summed E-state index contributed by atoms with van der Waals surface area (Å²) in [6.07, 6.45) is 2.67. The number of thiophene rings is 1. The number of rotatable bonds is 6. The number of benzene rings is 1. The van der Waals surface area contributed by atoms with E-state index in [0.717, 1.165) is 34.6 Å². The minimum atomic E-state index is -0.158. The second-order valence-corrected chi connectivity index (χ2v) is 6.63. The van der Waals surface area contributed by atoms with Crippen molar-refractivity contribution in [2.75, 3.05) is 6.54 Å². The van der Waals surface area contributed by atoms with Crippen molar-refractivity contribution in [2.45, 2.75) is 13.0 Å². The molecule has 2 N–H and O–H groups in total. The number of imidazole rings is 1. The molecule has 0 aliphatic rings. The van der Waals surface area contributed by atoms with E-state index >= 15 is 0 Å². The van der Waals surface area contributed by atoms with Crippen LogP contribution in [0.3, 0.4) is 0 Å². The van der Waals surface area contributed by atoms with Crippen molar-refractivity contribution in [2.24, 2.45) is 0 Å². The van der Waals surface area contributed by atoms with Gasteiger partial charge in [0, 0.05) is 13.1 Å². The van der Waals surface area contributed by atoms with Crippen LogP contribution in [0.25, 0.3) is 21.6 Å². The molecule has 0 aliphatic heterocycles. The Hall–Kier alpha value is -2.93. The van der Waals surface area contributed by atoms with Crippen LogP contribution in [0.5, 0.6) is 0 Å². The number of carbonyl (C=O) groups excluding carboxylic acids is 1. The summed E-state index contributed by atoms with van der Waals surface area (Å²) in [6.45, 7) is 1.40. The topological polar surface area (TPSA) is 75.6 Å². The Kier molecular flexibility index (Phi) is 4.30. The average molecular weight is 351 g/mol. The van der Waals surface area contributed by atoms with Crippen LogP contribution in [-0.4, -0.2) is 32.2 Å². The maximum atomic E-state index is 12.2. The van der Waals surface area contributed by atoms with Gasteiger partial charge in [-0.1, -0.05) is 18.2 Å². The van der Waals surface area contributed by atoms with Crippen LogP contribution in [0.4, 0.5) is 0 Å². The largest absolute Gasteiger partial charge is 0.351 e. The highest BCUT2D eigenvalue weighted by atomic mass is 32.1. The van der Waals surface area contributed by atoms with Gasteiger partial charge in [-0.05, 0) is 36.1 Å². The molecule has 25 heavy (non-hydrogen) atoms. The van der Waals surface area contributed by atoms with E-state index < -0.39 is 0 Å². The highest BCUT2D eigenvalue weighted by Gasteiger charge is 2.11. The second-order valence-electron chi connectivity index (χ2n) is 5.68. The second kappa shape index (κ2) is 6.90. The molecule has 0 radical (unpaired) electrons. The zero-order valence-electron chi connectivity index (χ0n) is 13.5. The number of hydrogen-bond acceptors (Lipinski definition) is 4. The summed E-state index contributed by atoms with van der Waals surface area (Å²) in [4.78, 5) is 17.6. The Morgan fingerprint density at radius 2 is 2.16 bits per heavy atom. The van der Waals surface area contributed by atoms with Crippen molar-refractivity contribution in [1.82, 2.24) is 25.1 Å². The number of aromatic amines is 1. The van der Waals surface area contributed by atoms with Gasteiger partial charge in [0.2, 0.25) is 0 Å². The van der Waals surface area contributed by atoms with Crippen LogP contribution in [-0.2, 0) is 6.54 Å². The van der Waals surface area contributed by atoms with Crippen LogP contribution in [0, 0.1) is 0 Å². The first-order valence-electron chi connectivity index (χ1n) is 8.08. The van der Waals surface area contributed by atoms with Crippen LogP contribution in [0.2, 0.25) is 0 Å². The molecule has 0 spiro atoms. The lowest BCUT2D eigenvalue weighted by Crippen LogP contribution is -2.25. The van der Waals surface area contributed by atoms with E-state index in [-0.39, 0.29) is 5.91 Å². The Morgan fingerprint density at radius 3 is 3.04 bits per heavy atom. The first-order valence-corrected chi connectivity index (χ1v) is 8.96. The average Bonchev–Trinajstić information content (AvgIpc) is 3.38. The van der Waals surface area contributed by atoms with Gasteiger partial charge in [-0.25, -0.2) is 4.98 Å². The quantitative estimate of drug-likeness (QED) is 0.523. The van der Waals surface area contributed by atoms with Gasteiger partial charge < -0.3 is 9.88 Å². The molecule has 6 nitrogen and oxygen atoms in total. The molecule has 126 valence electrons. The van der Waals surface area contributed by atoms with Gasteiger partial charge in [-0.3, -0.25) is 9.89 Å². The third-order valence-corrected chi connectivity index (χ3v) is 4.89. The third-order valence-electron chi connectivity index (χ3n) is 3.99. The fraction of sp³-hybridized carbons (Fsp3) is 0.167. The van der Waals surface area contributed by atoms with Gasteiger partial charge in [0.05, 0.1) is 27.9 Å². The van der Waals surface area contributed by atoms with E-state index in [1.165, 1.54) is 0 Å². The highest BCUT2D eigenvalue weighted by molar-refractivity contribution is 7.13. The summed E-state index contributed by atoms with van der Waals surface area (Å²) in [5.41, 5.74) is 3.38. The third kappa shape index (κ3) is 3.32. The molecule has 1 aromatic carbocycles. The van der Waals surface area contributed by atoms with Crippen molar-refractivity contribution in [1.29, 1.82) is 0 Å². The van der Waals surface area contributed by atoms with E-state index in [1.807, 2.05) is 42.0 Å². The van der Waals surface area contributed by atoms with Crippen LogP contribution in [0.1, 0.15) is 16.9 Å². The molecular weight excluding hydrogens is 334 g/mol. The summed E-state index contributed by atoms with van der Waals surface area (Å²) in [7, 11) is 0. The molecule has 0 saturated heterocycles. The fourth-order valence-electron chi connectivity index (χ4n) is 2.73. The summed E-state index contributed by atoms with van der Waals surface area (Å²) in [5, 5.41) is 11.9. The Balaban J connectivity index is 1.30. The van der Waals surface area contributed by atoms with E-state index in [9.17, 15) is 4.79 Å². The zero-order valence-corrected chi connectivity index (χ0v) is 14.3. The van der Waals surface area contributed by atoms with Crippen molar-refractivity contribution in [3.05, 3.63) is 59.9 Å². The van der Waals surface area contributed by atoms with Gasteiger partial charge >= 0.3 is 0 Å². The molecule has 0 fully saturated rings. The maximum absolute atomic E-state index is 12.2. The number of aryl methyl sites for hydroxylation is 1. The van der Waals surface area contributed by atoms with Crippen LogP contribution in [0.15, 0.2) is 54.2 Å². The Morgan fingerprint density at radius 1 is 1.24 bits per heavy atom. The van der Waals surface area contributed by atoms with E-state index in [4.69, 9.17) is 0 Å². The van der Waals surface area contributed by atoms with E-state index in [2.05, 4.69) is 31.1 Å². The lowest BCUT2D eigenvalue weighted by molar-refractivity contribution is 0.0948. The molecular formula is C18H17N5OS. The smallest absolute Gasteiger partial charge is 0.271 e. The number of H-pyrrole nitrogens is 1. The maximum Gasteiger partial charge on any atom is 0.271 e.